The topological polar surface area (TPSA) is 49.9 Å². The summed E-state index contributed by atoms with van der Waals surface area (Å²) in [5, 5.41) is 0.654. The molecule has 0 N–H and O–H groups in total. The van der Waals surface area contributed by atoms with Crippen molar-refractivity contribution in [2.45, 2.75) is 45.8 Å². The normalized spacial score (nSPS) is 18.0. The van der Waals surface area contributed by atoms with Crippen LogP contribution in [0.5, 0.6) is 0 Å². The van der Waals surface area contributed by atoms with Crippen LogP contribution >= 0.6 is 11.6 Å². The molecular weight excluding hydrogens is 340 g/mol. The third-order valence-corrected chi connectivity index (χ3v) is 4.53. The molecule has 0 unspecified atom stereocenters. The lowest BCUT2D eigenvalue weighted by Crippen LogP contribution is -2.47. The summed E-state index contributed by atoms with van der Waals surface area (Å²) >= 11 is 6.18. The van der Waals surface area contributed by atoms with Crippen molar-refractivity contribution in [1.29, 1.82) is 0 Å². The second kappa shape index (κ2) is 8.09. The van der Waals surface area contributed by atoms with Gasteiger partial charge < -0.3 is 14.5 Å². The molecule has 0 spiro atoms. The maximum Gasteiger partial charge on any atom is 0.410 e. The van der Waals surface area contributed by atoms with Gasteiger partial charge in [0, 0.05) is 31.7 Å². The first-order valence-electron chi connectivity index (χ1n) is 8.63. The zero-order chi connectivity index (χ0) is 18.6. The Morgan fingerprint density at radius 3 is 2.64 bits per heavy atom. The molecule has 1 aliphatic rings. The first kappa shape index (κ1) is 19.6. The lowest BCUT2D eigenvalue weighted by molar-refractivity contribution is -0.136. The molecule has 1 aromatic rings. The van der Waals surface area contributed by atoms with E-state index in [9.17, 15) is 9.59 Å². The van der Waals surface area contributed by atoms with Gasteiger partial charge in [-0.3, -0.25) is 4.79 Å². The van der Waals surface area contributed by atoms with Crippen molar-refractivity contribution in [1.82, 2.24) is 9.80 Å². The van der Waals surface area contributed by atoms with Crippen molar-refractivity contribution in [3.05, 3.63) is 34.9 Å². The number of rotatable bonds is 3. The highest BCUT2D eigenvalue weighted by molar-refractivity contribution is 6.31. The molecule has 5 nitrogen and oxygen atoms in total. The van der Waals surface area contributed by atoms with Crippen LogP contribution in [0.4, 0.5) is 4.79 Å². The summed E-state index contributed by atoms with van der Waals surface area (Å²) in [4.78, 5) is 28.3. The van der Waals surface area contributed by atoms with Crippen LogP contribution in [0.15, 0.2) is 24.3 Å². The summed E-state index contributed by atoms with van der Waals surface area (Å²) in [7, 11) is 1.78. The quantitative estimate of drug-likeness (QED) is 0.813. The summed E-state index contributed by atoms with van der Waals surface area (Å²) in [6.45, 7) is 7.02. The molecule has 6 heteroatoms. The van der Waals surface area contributed by atoms with Gasteiger partial charge in [0.05, 0.1) is 5.92 Å². The molecule has 1 fully saturated rings. The van der Waals surface area contributed by atoms with Gasteiger partial charge in [0.15, 0.2) is 0 Å². The smallest absolute Gasteiger partial charge is 0.410 e. The minimum absolute atomic E-state index is 0.0354. The lowest BCUT2D eigenvalue weighted by Gasteiger charge is -2.35. The molecule has 1 atom stereocenters. The van der Waals surface area contributed by atoms with Gasteiger partial charge in [0.2, 0.25) is 5.91 Å². The van der Waals surface area contributed by atoms with E-state index < -0.39 is 5.60 Å². The average Bonchev–Trinajstić information content (AvgIpc) is 2.54. The standard InChI is InChI=1S/C19H27ClN2O3/c1-19(2,3)25-18(24)22-11-7-9-15(13-22)17(23)21(4)12-14-8-5-6-10-16(14)20/h5-6,8,10,15H,7,9,11-13H2,1-4H3/t15-/m1/s1. The van der Waals surface area contributed by atoms with E-state index in [1.54, 1.807) is 16.8 Å². The van der Waals surface area contributed by atoms with Crippen molar-refractivity contribution in [2.24, 2.45) is 5.92 Å². The van der Waals surface area contributed by atoms with Crippen LogP contribution in [0.2, 0.25) is 5.02 Å². The zero-order valence-corrected chi connectivity index (χ0v) is 16.2. The van der Waals surface area contributed by atoms with E-state index >= 15 is 0 Å². The Morgan fingerprint density at radius 2 is 2.00 bits per heavy atom. The van der Waals surface area contributed by atoms with Gasteiger partial charge in [-0.2, -0.15) is 0 Å². The van der Waals surface area contributed by atoms with Crippen LogP contribution in [-0.4, -0.2) is 47.5 Å². The number of halogens is 1. The molecule has 2 rings (SSSR count). The van der Waals surface area contributed by atoms with Crippen LogP contribution in [0.25, 0.3) is 0 Å². The molecular formula is C19H27ClN2O3. The Morgan fingerprint density at radius 1 is 1.32 bits per heavy atom. The fourth-order valence-electron chi connectivity index (χ4n) is 2.94. The number of benzene rings is 1. The number of nitrogens with zero attached hydrogens (tertiary/aromatic N) is 2. The molecule has 0 bridgehead atoms. The molecule has 0 aromatic heterocycles. The Labute approximate surface area is 154 Å². The summed E-state index contributed by atoms with van der Waals surface area (Å²) in [6.07, 6.45) is 1.24. The first-order chi connectivity index (χ1) is 11.7. The van der Waals surface area contributed by atoms with Crippen molar-refractivity contribution < 1.29 is 14.3 Å². The summed E-state index contributed by atoms with van der Waals surface area (Å²) < 4.78 is 5.42. The largest absolute Gasteiger partial charge is 0.444 e. The maximum absolute atomic E-state index is 12.8. The summed E-state index contributed by atoms with van der Waals surface area (Å²) in [6, 6.07) is 7.51. The number of hydrogen-bond acceptors (Lipinski definition) is 3. The van der Waals surface area contributed by atoms with Gasteiger partial charge in [0.25, 0.3) is 0 Å². The summed E-state index contributed by atoms with van der Waals surface area (Å²) in [5.41, 5.74) is 0.384. The number of carbonyl (C=O) groups is 2. The van der Waals surface area contributed by atoms with E-state index in [0.717, 1.165) is 18.4 Å². The van der Waals surface area contributed by atoms with Crippen molar-refractivity contribution in [2.75, 3.05) is 20.1 Å². The molecule has 2 amide bonds. The predicted octanol–water partition coefficient (Wildman–Crippen LogP) is 3.95. The van der Waals surface area contributed by atoms with Crippen LogP contribution in [0.3, 0.4) is 0 Å². The number of ether oxygens (including phenoxy) is 1. The van der Waals surface area contributed by atoms with Crippen molar-refractivity contribution in [3.8, 4) is 0 Å². The maximum atomic E-state index is 12.8. The predicted molar refractivity (Wildman–Crippen MR) is 98.5 cm³/mol. The van der Waals surface area contributed by atoms with E-state index in [4.69, 9.17) is 16.3 Å². The number of hydrogen-bond donors (Lipinski definition) is 0. The van der Waals surface area contributed by atoms with Gasteiger partial charge in [-0.15, -0.1) is 0 Å². The fourth-order valence-corrected chi connectivity index (χ4v) is 3.14. The van der Waals surface area contributed by atoms with E-state index in [1.807, 2.05) is 45.0 Å². The first-order valence-corrected chi connectivity index (χ1v) is 9.01. The Hall–Kier alpha value is -1.75. The highest BCUT2D eigenvalue weighted by atomic mass is 35.5. The molecule has 0 saturated carbocycles. The van der Waals surface area contributed by atoms with Crippen molar-refractivity contribution in [3.63, 3.8) is 0 Å². The molecule has 1 heterocycles. The van der Waals surface area contributed by atoms with E-state index in [1.165, 1.54) is 0 Å². The Balaban J connectivity index is 1.96. The van der Waals surface area contributed by atoms with Crippen LogP contribution in [0.1, 0.15) is 39.2 Å². The summed E-state index contributed by atoms with van der Waals surface area (Å²) in [5.74, 6) is -0.165. The number of piperidine rings is 1. The van der Waals surface area contributed by atoms with E-state index in [2.05, 4.69) is 0 Å². The number of carbonyl (C=O) groups excluding carboxylic acids is 2. The fraction of sp³-hybridized carbons (Fsp3) is 0.579. The molecule has 1 aliphatic heterocycles. The van der Waals surface area contributed by atoms with Crippen LogP contribution in [-0.2, 0) is 16.1 Å². The average molecular weight is 367 g/mol. The lowest BCUT2D eigenvalue weighted by atomic mass is 9.96. The zero-order valence-electron chi connectivity index (χ0n) is 15.4. The number of likely N-dealkylation sites (tertiary alicyclic amines) is 1. The van der Waals surface area contributed by atoms with Crippen LogP contribution < -0.4 is 0 Å². The van der Waals surface area contributed by atoms with Gasteiger partial charge >= 0.3 is 6.09 Å². The number of amides is 2. The van der Waals surface area contributed by atoms with Crippen LogP contribution in [0, 0.1) is 5.92 Å². The van der Waals surface area contributed by atoms with Gasteiger partial charge in [-0.05, 0) is 45.2 Å². The molecule has 0 aliphatic carbocycles. The highest BCUT2D eigenvalue weighted by Gasteiger charge is 2.32. The van der Waals surface area contributed by atoms with Gasteiger partial charge in [0.1, 0.15) is 5.60 Å². The Kier molecular flexibility index (Phi) is 6.33. The molecule has 1 saturated heterocycles. The monoisotopic (exact) mass is 366 g/mol. The minimum atomic E-state index is -0.533. The van der Waals surface area contributed by atoms with Gasteiger partial charge in [-0.1, -0.05) is 29.8 Å². The molecule has 25 heavy (non-hydrogen) atoms. The van der Waals surface area contributed by atoms with E-state index in [-0.39, 0.29) is 17.9 Å². The second-order valence-electron chi connectivity index (χ2n) is 7.55. The van der Waals surface area contributed by atoms with E-state index in [0.29, 0.717) is 24.7 Å². The van der Waals surface area contributed by atoms with Crippen molar-refractivity contribution >= 4 is 23.6 Å². The Bertz CT molecular complexity index is 627. The molecule has 138 valence electrons. The SMILES string of the molecule is CN(Cc1ccccc1Cl)C(=O)[C@@H]1CCCN(C(=O)OC(C)(C)C)C1. The third kappa shape index (κ3) is 5.63. The molecule has 0 radical (unpaired) electrons. The highest BCUT2D eigenvalue weighted by Crippen LogP contribution is 2.23. The minimum Gasteiger partial charge on any atom is -0.444 e. The molecule has 1 aromatic carbocycles. The second-order valence-corrected chi connectivity index (χ2v) is 7.96. The third-order valence-electron chi connectivity index (χ3n) is 4.16. The van der Waals surface area contributed by atoms with Gasteiger partial charge in [-0.25, -0.2) is 4.79 Å².